The number of aromatic hydroxyl groups is 1. The van der Waals surface area contributed by atoms with E-state index in [-0.39, 0.29) is 29.3 Å². The SMILES string of the molecule is Cc1ccc(Cn2cc(/C(O)=C3\COC(=O)C3=O)c3c(O)cccc32)cc1. The number of hydrogen-bond donors (Lipinski definition) is 2. The number of aryl methyl sites for hydroxylation is 1. The minimum Gasteiger partial charge on any atom is -0.507 e. The number of cyclic esters (lactones) is 1. The van der Waals surface area contributed by atoms with Crippen molar-refractivity contribution in [2.45, 2.75) is 13.5 Å². The molecule has 0 atom stereocenters. The Morgan fingerprint density at radius 2 is 1.89 bits per heavy atom. The van der Waals surface area contributed by atoms with Crippen LogP contribution in [-0.2, 0) is 20.9 Å². The Bertz CT molecular complexity index is 1110. The van der Waals surface area contributed by atoms with Crippen molar-refractivity contribution < 1.29 is 24.5 Å². The minimum absolute atomic E-state index is 0.0185. The average Bonchev–Trinajstić information content (AvgIpc) is 3.19. The highest BCUT2D eigenvalue weighted by Crippen LogP contribution is 2.35. The van der Waals surface area contributed by atoms with Crippen LogP contribution in [0, 0.1) is 6.92 Å². The lowest BCUT2D eigenvalue weighted by Crippen LogP contribution is -2.08. The highest BCUT2D eigenvalue weighted by molar-refractivity contribution is 6.43. The summed E-state index contributed by atoms with van der Waals surface area (Å²) in [5, 5.41) is 21.4. The van der Waals surface area contributed by atoms with Gasteiger partial charge in [0, 0.05) is 18.3 Å². The smallest absolute Gasteiger partial charge is 0.379 e. The molecule has 0 saturated carbocycles. The number of nitrogens with zero attached hydrogens (tertiary/aromatic N) is 1. The second kappa shape index (κ2) is 6.32. The summed E-state index contributed by atoms with van der Waals surface area (Å²) in [6.45, 7) is 2.26. The van der Waals surface area contributed by atoms with Gasteiger partial charge in [-0.05, 0) is 24.6 Å². The third-order valence-electron chi connectivity index (χ3n) is 4.71. The standard InChI is InChI=1S/C21H17NO5/c1-12-5-7-13(8-6-12)9-22-10-14(18-16(22)3-2-4-17(18)23)19(24)15-11-27-21(26)20(15)25/h2-8,10,23-24H,9,11H2,1H3/b19-15-. The summed E-state index contributed by atoms with van der Waals surface area (Å²) in [5.41, 5.74) is 3.10. The molecule has 2 heterocycles. The van der Waals surface area contributed by atoms with E-state index in [9.17, 15) is 19.8 Å². The summed E-state index contributed by atoms with van der Waals surface area (Å²) in [6, 6.07) is 13.1. The molecule has 0 aliphatic carbocycles. The van der Waals surface area contributed by atoms with Gasteiger partial charge in [-0.15, -0.1) is 0 Å². The summed E-state index contributed by atoms with van der Waals surface area (Å²) >= 11 is 0. The first-order valence-electron chi connectivity index (χ1n) is 8.46. The lowest BCUT2D eigenvalue weighted by atomic mass is 10.1. The van der Waals surface area contributed by atoms with Crippen molar-refractivity contribution in [2.24, 2.45) is 0 Å². The minimum atomic E-state index is -0.982. The molecule has 1 aliphatic heterocycles. The van der Waals surface area contributed by atoms with Crippen LogP contribution in [0.3, 0.4) is 0 Å². The lowest BCUT2D eigenvalue weighted by molar-refractivity contribution is -0.146. The van der Waals surface area contributed by atoms with Crippen LogP contribution in [0.25, 0.3) is 16.7 Å². The Labute approximate surface area is 154 Å². The van der Waals surface area contributed by atoms with Crippen LogP contribution in [0.2, 0.25) is 0 Å². The van der Waals surface area contributed by atoms with E-state index in [1.165, 1.54) is 6.07 Å². The number of carbonyl (C=O) groups is 2. The molecule has 1 fully saturated rings. The molecule has 1 saturated heterocycles. The fraction of sp³-hybridized carbons (Fsp3) is 0.143. The molecule has 2 aromatic carbocycles. The molecule has 6 heteroatoms. The first-order valence-corrected chi connectivity index (χ1v) is 8.46. The molecule has 6 nitrogen and oxygen atoms in total. The summed E-state index contributed by atoms with van der Waals surface area (Å²) in [7, 11) is 0. The van der Waals surface area contributed by atoms with Crippen LogP contribution in [0.1, 0.15) is 16.7 Å². The highest BCUT2D eigenvalue weighted by Gasteiger charge is 2.33. The number of aliphatic hydroxyl groups excluding tert-OH is 1. The zero-order valence-electron chi connectivity index (χ0n) is 14.6. The van der Waals surface area contributed by atoms with E-state index in [1.807, 2.05) is 41.8 Å². The van der Waals surface area contributed by atoms with Gasteiger partial charge < -0.3 is 19.5 Å². The van der Waals surface area contributed by atoms with Gasteiger partial charge in [0.25, 0.3) is 5.78 Å². The Hall–Kier alpha value is -3.54. The van der Waals surface area contributed by atoms with E-state index in [0.29, 0.717) is 17.4 Å². The Morgan fingerprint density at radius 3 is 2.56 bits per heavy atom. The Balaban J connectivity index is 1.87. The number of ether oxygens (including phenoxy) is 1. The number of hydrogen-bond acceptors (Lipinski definition) is 5. The Kier molecular flexibility index (Phi) is 3.96. The molecule has 0 bridgehead atoms. The third-order valence-corrected chi connectivity index (χ3v) is 4.71. The number of Topliss-reactive ketones (excluding diaryl/α,β-unsaturated/α-hetero) is 1. The monoisotopic (exact) mass is 363 g/mol. The molecule has 136 valence electrons. The topological polar surface area (TPSA) is 88.8 Å². The quantitative estimate of drug-likeness (QED) is 0.323. The molecule has 2 N–H and O–H groups in total. The number of ketones is 1. The summed E-state index contributed by atoms with van der Waals surface area (Å²) in [6.07, 6.45) is 1.67. The zero-order valence-corrected chi connectivity index (χ0v) is 14.6. The predicted molar refractivity (Wildman–Crippen MR) is 99.4 cm³/mol. The first kappa shape index (κ1) is 16.9. The van der Waals surface area contributed by atoms with Gasteiger partial charge in [0.2, 0.25) is 0 Å². The van der Waals surface area contributed by atoms with E-state index in [2.05, 4.69) is 0 Å². The van der Waals surface area contributed by atoms with Crippen molar-refractivity contribution in [3.63, 3.8) is 0 Å². The number of benzene rings is 2. The normalized spacial score (nSPS) is 16.0. The van der Waals surface area contributed by atoms with Gasteiger partial charge in [-0.25, -0.2) is 4.79 Å². The maximum atomic E-state index is 11.9. The fourth-order valence-electron chi connectivity index (χ4n) is 3.26. The maximum Gasteiger partial charge on any atom is 0.379 e. The number of aromatic nitrogens is 1. The second-order valence-corrected chi connectivity index (χ2v) is 6.56. The molecule has 4 rings (SSSR count). The molecule has 0 amide bonds. The molecule has 27 heavy (non-hydrogen) atoms. The van der Waals surface area contributed by atoms with Crippen molar-refractivity contribution in [1.29, 1.82) is 0 Å². The van der Waals surface area contributed by atoms with Gasteiger partial charge in [-0.3, -0.25) is 4.79 Å². The van der Waals surface area contributed by atoms with Crippen LogP contribution in [0.15, 0.2) is 54.2 Å². The van der Waals surface area contributed by atoms with Crippen molar-refractivity contribution in [2.75, 3.05) is 6.61 Å². The Morgan fingerprint density at radius 1 is 1.15 bits per heavy atom. The number of carbonyl (C=O) groups excluding carboxylic acids is 2. The molecule has 0 spiro atoms. The molecule has 1 aromatic heterocycles. The zero-order chi connectivity index (χ0) is 19.1. The van der Waals surface area contributed by atoms with E-state index in [1.54, 1.807) is 12.3 Å². The maximum absolute atomic E-state index is 11.9. The lowest BCUT2D eigenvalue weighted by Gasteiger charge is -2.06. The van der Waals surface area contributed by atoms with Gasteiger partial charge >= 0.3 is 5.97 Å². The predicted octanol–water partition coefficient (Wildman–Crippen LogP) is 3.10. The average molecular weight is 363 g/mol. The molecular weight excluding hydrogens is 346 g/mol. The molecule has 0 unspecified atom stereocenters. The number of phenolic OH excluding ortho intramolecular Hbond substituents is 1. The number of phenols is 1. The van der Waals surface area contributed by atoms with Crippen LogP contribution in [-0.4, -0.2) is 33.1 Å². The molecule has 1 aliphatic rings. The largest absolute Gasteiger partial charge is 0.507 e. The van der Waals surface area contributed by atoms with Gasteiger partial charge in [0.15, 0.2) is 0 Å². The van der Waals surface area contributed by atoms with E-state index in [0.717, 1.165) is 11.1 Å². The van der Waals surface area contributed by atoms with Gasteiger partial charge in [0.1, 0.15) is 18.1 Å². The number of esters is 1. The van der Waals surface area contributed by atoms with Crippen molar-refractivity contribution in [1.82, 2.24) is 4.57 Å². The third kappa shape index (κ3) is 2.85. The van der Waals surface area contributed by atoms with Gasteiger partial charge in [0.05, 0.1) is 16.5 Å². The summed E-state index contributed by atoms with van der Waals surface area (Å²) < 4.78 is 6.58. The van der Waals surface area contributed by atoms with Crippen LogP contribution < -0.4 is 0 Å². The number of fused-ring (bicyclic) bond motifs is 1. The highest BCUT2D eigenvalue weighted by atomic mass is 16.5. The summed E-state index contributed by atoms with van der Waals surface area (Å²) in [4.78, 5) is 23.3. The van der Waals surface area contributed by atoms with E-state index < -0.39 is 11.8 Å². The van der Waals surface area contributed by atoms with Crippen LogP contribution in [0.5, 0.6) is 5.75 Å². The summed E-state index contributed by atoms with van der Waals surface area (Å²) in [5.74, 6) is -2.21. The van der Waals surface area contributed by atoms with Crippen LogP contribution >= 0.6 is 0 Å². The molecular formula is C21H17NO5. The fourth-order valence-corrected chi connectivity index (χ4v) is 3.26. The van der Waals surface area contributed by atoms with E-state index in [4.69, 9.17) is 4.74 Å². The van der Waals surface area contributed by atoms with Crippen molar-refractivity contribution in [3.8, 4) is 5.75 Å². The van der Waals surface area contributed by atoms with Crippen molar-refractivity contribution >= 4 is 28.4 Å². The second-order valence-electron chi connectivity index (χ2n) is 6.56. The molecule has 0 radical (unpaired) electrons. The number of aliphatic hydroxyl groups is 1. The van der Waals surface area contributed by atoms with Crippen LogP contribution in [0.4, 0.5) is 0 Å². The van der Waals surface area contributed by atoms with Gasteiger partial charge in [-0.1, -0.05) is 35.9 Å². The van der Waals surface area contributed by atoms with E-state index >= 15 is 0 Å². The van der Waals surface area contributed by atoms with Crippen molar-refractivity contribution in [3.05, 3.63) is 70.9 Å². The van der Waals surface area contributed by atoms with Gasteiger partial charge in [-0.2, -0.15) is 0 Å². The number of rotatable bonds is 3. The first-order chi connectivity index (χ1) is 13.0. The molecule has 3 aromatic rings.